The Hall–Kier alpha value is -2.40. The van der Waals surface area contributed by atoms with E-state index in [-0.39, 0.29) is 11.7 Å². The van der Waals surface area contributed by atoms with Crippen LogP contribution in [0.5, 0.6) is 0 Å². The van der Waals surface area contributed by atoms with E-state index >= 15 is 0 Å². The van der Waals surface area contributed by atoms with E-state index in [4.69, 9.17) is 0 Å². The van der Waals surface area contributed by atoms with E-state index in [0.717, 1.165) is 36.8 Å². The maximum absolute atomic E-state index is 13.1. The summed E-state index contributed by atoms with van der Waals surface area (Å²) < 4.78 is 13.1. The van der Waals surface area contributed by atoms with Gasteiger partial charge in [0.05, 0.1) is 0 Å². The normalized spacial score (nSPS) is 20.7. The topological polar surface area (TPSA) is 26.8 Å². The first kappa shape index (κ1) is 19.9. The van der Waals surface area contributed by atoms with Crippen molar-refractivity contribution in [3.8, 4) is 0 Å². The largest absolute Gasteiger partial charge is 0.368 e. The zero-order valence-electron chi connectivity index (χ0n) is 17.2. The van der Waals surface area contributed by atoms with E-state index in [2.05, 4.69) is 28.9 Å². The van der Waals surface area contributed by atoms with Crippen molar-refractivity contribution in [1.29, 1.82) is 0 Å². The number of carbonyl (C=O) groups is 1. The molecule has 2 aromatic rings. The van der Waals surface area contributed by atoms with Gasteiger partial charge < -0.3 is 9.80 Å². The second-order valence-corrected chi connectivity index (χ2v) is 8.44. The Morgan fingerprint density at radius 3 is 2.31 bits per heavy atom. The third-order valence-corrected chi connectivity index (χ3v) is 6.11. The van der Waals surface area contributed by atoms with Gasteiger partial charge in [-0.2, -0.15) is 0 Å². The first-order valence-electron chi connectivity index (χ1n) is 10.7. The van der Waals surface area contributed by atoms with Crippen LogP contribution in [0.15, 0.2) is 48.5 Å². The van der Waals surface area contributed by atoms with Crippen LogP contribution in [0.25, 0.3) is 0 Å². The number of benzene rings is 2. The molecule has 0 spiro atoms. The molecule has 0 radical (unpaired) electrons. The first-order chi connectivity index (χ1) is 14.1. The molecule has 0 bridgehead atoms. The van der Waals surface area contributed by atoms with Crippen LogP contribution < -0.4 is 4.90 Å². The predicted octanol–water partition coefficient (Wildman–Crippen LogP) is 4.02. The first-order valence-corrected chi connectivity index (χ1v) is 10.7. The molecule has 1 amide bonds. The van der Waals surface area contributed by atoms with Gasteiger partial charge in [-0.05, 0) is 67.3 Å². The van der Waals surface area contributed by atoms with Crippen LogP contribution in [0.4, 0.5) is 10.1 Å². The Labute approximate surface area is 172 Å². The maximum atomic E-state index is 13.1. The molecule has 154 valence electrons. The minimum absolute atomic E-state index is 0.0990. The van der Waals surface area contributed by atoms with Gasteiger partial charge in [-0.25, -0.2) is 4.39 Å². The highest BCUT2D eigenvalue weighted by atomic mass is 19.1. The van der Waals surface area contributed by atoms with Gasteiger partial charge in [0.25, 0.3) is 5.91 Å². The number of anilines is 1. The third-order valence-electron chi connectivity index (χ3n) is 6.11. The summed E-state index contributed by atoms with van der Waals surface area (Å²) in [5, 5.41) is 0. The lowest BCUT2D eigenvalue weighted by Crippen LogP contribution is -2.48. The van der Waals surface area contributed by atoms with Crippen LogP contribution >= 0.6 is 0 Å². The van der Waals surface area contributed by atoms with Gasteiger partial charge in [0.15, 0.2) is 0 Å². The number of piperazine rings is 1. The molecule has 0 unspecified atom stereocenters. The van der Waals surface area contributed by atoms with Crippen LogP contribution in [0.1, 0.15) is 35.7 Å². The molecule has 2 aromatic carbocycles. The lowest BCUT2D eigenvalue weighted by molar-refractivity contribution is 0.0747. The average molecular weight is 396 g/mol. The van der Waals surface area contributed by atoms with Crippen LogP contribution in [0.2, 0.25) is 0 Å². The Morgan fingerprint density at radius 1 is 0.966 bits per heavy atom. The van der Waals surface area contributed by atoms with Crippen LogP contribution in [-0.4, -0.2) is 55.0 Å². The Morgan fingerprint density at radius 2 is 1.66 bits per heavy atom. The van der Waals surface area contributed by atoms with Gasteiger partial charge in [0, 0.05) is 50.5 Å². The highest BCUT2D eigenvalue weighted by Gasteiger charge is 2.22. The summed E-state index contributed by atoms with van der Waals surface area (Å²) in [6.45, 7) is 8.53. The van der Waals surface area contributed by atoms with E-state index in [9.17, 15) is 9.18 Å². The summed E-state index contributed by atoms with van der Waals surface area (Å²) in [6, 6.07) is 14.7. The minimum Gasteiger partial charge on any atom is -0.368 e. The molecule has 0 aromatic heterocycles. The molecular formula is C24H30FN3O. The number of carbonyl (C=O) groups excluding carboxylic acids is 1. The summed E-state index contributed by atoms with van der Waals surface area (Å²) in [5.74, 6) is 0.654. The molecule has 0 aliphatic carbocycles. The molecule has 4 rings (SSSR count). The number of amides is 1. The van der Waals surface area contributed by atoms with Gasteiger partial charge in [-0.1, -0.05) is 19.1 Å². The molecule has 2 fully saturated rings. The van der Waals surface area contributed by atoms with Gasteiger partial charge in [0.1, 0.15) is 5.82 Å². The van der Waals surface area contributed by atoms with Crippen LogP contribution in [0, 0.1) is 11.7 Å². The highest BCUT2D eigenvalue weighted by Crippen LogP contribution is 2.20. The zero-order chi connectivity index (χ0) is 20.2. The second kappa shape index (κ2) is 8.95. The van der Waals surface area contributed by atoms with Crippen molar-refractivity contribution in [2.24, 2.45) is 5.92 Å². The Kier molecular flexibility index (Phi) is 6.14. The molecule has 2 aliphatic rings. The fourth-order valence-corrected chi connectivity index (χ4v) is 4.44. The zero-order valence-corrected chi connectivity index (χ0v) is 17.2. The fourth-order valence-electron chi connectivity index (χ4n) is 4.44. The second-order valence-electron chi connectivity index (χ2n) is 8.44. The SMILES string of the molecule is C[C@@H]1CCCN(Cc2ccc(C(=O)N3CCN(c4ccc(F)cc4)CC3)cc2)C1. The molecule has 2 saturated heterocycles. The highest BCUT2D eigenvalue weighted by molar-refractivity contribution is 5.94. The molecule has 5 heteroatoms. The van der Waals surface area contributed by atoms with Crippen molar-refractivity contribution in [1.82, 2.24) is 9.80 Å². The number of piperidine rings is 1. The average Bonchev–Trinajstić information content (AvgIpc) is 2.75. The number of nitrogens with zero attached hydrogens (tertiary/aromatic N) is 3. The van der Waals surface area contributed by atoms with Crippen molar-refractivity contribution in [3.63, 3.8) is 0 Å². The van der Waals surface area contributed by atoms with Crippen molar-refractivity contribution in [3.05, 3.63) is 65.5 Å². The minimum atomic E-state index is -0.221. The van der Waals surface area contributed by atoms with Crippen molar-refractivity contribution in [2.75, 3.05) is 44.2 Å². The summed E-state index contributed by atoms with van der Waals surface area (Å²) in [4.78, 5) is 19.5. The van der Waals surface area contributed by atoms with Crippen LogP contribution in [-0.2, 0) is 6.54 Å². The van der Waals surface area contributed by atoms with E-state index in [1.165, 1.54) is 43.6 Å². The lowest BCUT2D eigenvalue weighted by Gasteiger charge is -2.36. The van der Waals surface area contributed by atoms with Gasteiger partial charge in [-0.15, -0.1) is 0 Å². The molecular weight excluding hydrogens is 365 g/mol. The quantitative estimate of drug-likeness (QED) is 0.782. The fraction of sp³-hybridized carbons (Fsp3) is 0.458. The van der Waals surface area contributed by atoms with Gasteiger partial charge in [-0.3, -0.25) is 9.69 Å². The summed E-state index contributed by atoms with van der Waals surface area (Å²) in [6.07, 6.45) is 2.61. The summed E-state index contributed by atoms with van der Waals surface area (Å²) in [5.41, 5.74) is 3.04. The number of likely N-dealkylation sites (tertiary alicyclic amines) is 1. The Bertz CT molecular complexity index is 813. The molecule has 0 N–H and O–H groups in total. The van der Waals surface area contributed by atoms with Crippen molar-refractivity contribution < 1.29 is 9.18 Å². The van der Waals surface area contributed by atoms with E-state index in [1.807, 2.05) is 17.0 Å². The Balaban J connectivity index is 1.31. The lowest BCUT2D eigenvalue weighted by atomic mass is 9.99. The van der Waals surface area contributed by atoms with Gasteiger partial charge in [0.2, 0.25) is 0 Å². The van der Waals surface area contributed by atoms with E-state index in [1.54, 1.807) is 12.1 Å². The number of hydrogen-bond donors (Lipinski definition) is 0. The van der Waals surface area contributed by atoms with Crippen molar-refractivity contribution in [2.45, 2.75) is 26.3 Å². The predicted molar refractivity (Wildman–Crippen MR) is 115 cm³/mol. The number of halogens is 1. The molecule has 2 aliphatic heterocycles. The van der Waals surface area contributed by atoms with E-state index in [0.29, 0.717) is 13.1 Å². The van der Waals surface area contributed by atoms with E-state index < -0.39 is 0 Å². The molecule has 2 heterocycles. The number of hydrogen-bond acceptors (Lipinski definition) is 3. The smallest absolute Gasteiger partial charge is 0.253 e. The van der Waals surface area contributed by atoms with Crippen molar-refractivity contribution >= 4 is 11.6 Å². The monoisotopic (exact) mass is 395 g/mol. The molecule has 0 saturated carbocycles. The maximum Gasteiger partial charge on any atom is 0.253 e. The summed E-state index contributed by atoms with van der Waals surface area (Å²) in [7, 11) is 0. The standard InChI is InChI=1S/C24H30FN3O/c1-19-3-2-12-26(17-19)18-20-4-6-21(7-5-20)24(29)28-15-13-27(14-16-28)23-10-8-22(25)9-11-23/h4-11,19H,2-3,12-18H2,1H3/t19-/m1/s1. The third kappa shape index (κ3) is 4.96. The van der Waals surface area contributed by atoms with Gasteiger partial charge >= 0.3 is 0 Å². The van der Waals surface area contributed by atoms with Crippen LogP contribution in [0.3, 0.4) is 0 Å². The number of rotatable bonds is 4. The molecule has 29 heavy (non-hydrogen) atoms. The molecule has 4 nitrogen and oxygen atoms in total. The summed E-state index contributed by atoms with van der Waals surface area (Å²) >= 11 is 0. The molecule has 1 atom stereocenters.